The van der Waals surface area contributed by atoms with E-state index < -0.39 is 6.36 Å². The van der Waals surface area contributed by atoms with Crippen LogP contribution in [0.3, 0.4) is 0 Å². The van der Waals surface area contributed by atoms with Gasteiger partial charge in [0.15, 0.2) is 11.4 Å². The quantitative estimate of drug-likeness (QED) is 0.429. The number of alkyl halides is 3. The number of piperidine rings is 1. The highest BCUT2D eigenvalue weighted by atomic mass is 19.4. The van der Waals surface area contributed by atoms with Gasteiger partial charge in [-0.1, -0.05) is 32.4 Å². The number of hydrogen-bond acceptors (Lipinski definition) is 2. The molecule has 0 aromatic heterocycles. The van der Waals surface area contributed by atoms with Gasteiger partial charge in [0, 0.05) is 11.5 Å². The Morgan fingerprint density at radius 2 is 1.79 bits per heavy atom. The molecule has 0 N–H and O–H groups in total. The molecule has 180 valence electrons. The standard InChI is InChI=1S/C27H35F3NO2/c1-17-16-18-19-8-7-13-25(19,2)14-11-20(18)26(3)15-12-23(32)31(4,24(17)26)21-9-5-6-10-22(21)33-27(28,29)30/h5-6,9-10,18-20H,7-8,11-16H2,1-4H3/q+1/t18-,19-,20-,25-,26+,31?/m0/s1. The molecule has 1 unspecified atom stereocenters. The van der Waals surface area contributed by atoms with Crippen molar-refractivity contribution >= 4 is 11.6 Å². The highest BCUT2D eigenvalue weighted by molar-refractivity contribution is 5.94. The number of fused-ring (bicyclic) bond motifs is 5. The average molecular weight is 463 g/mol. The summed E-state index contributed by atoms with van der Waals surface area (Å²) in [5.41, 5.74) is 2.71. The Kier molecular flexibility index (Phi) is 5.10. The first-order valence-electron chi connectivity index (χ1n) is 12.4. The van der Waals surface area contributed by atoms with Crippen LogP contribution in [-0.4, -0.2) is 19.3 Å². The molecule has 3 aliphatic carbocycles. The summed E-state index contributed by atoms with van der Waals surface area (Å²) in [5, 5.41) is 0. The highest BCUT2D eigenvalue weighted by Crippen LogP contribution is 2.67. The summed E-state index contributed by atoms with van der Waals surface area (Å²) < 4.78 is 44.0. The number of halogens is 3. The fraction of sp³-hybridized carbons (Fsp3) is 0.667. The van der Waals surface area contributed by atoms with Crippen LogP contribution in [0.2, 0.25) is 0 Å². The summed E-state index contributed by atoms with van der Waals surface area (Å²) in [7, 11) is 1.79. The Labute approximate surface area is 194 Å². The summed E-state index contributed by atoms with van der Waals surface area (Å²) in [6.45, 7) is 6.87. The van der Waals surface area contributed by atoms with E-state index in [1.807, 2.05) is 0 Å². The van der Waals surface area contributed by atoms with Crippen molar-refractivity contribution in [1.29, 1.82) is 0 Å². The lowest BCUT2D eigenvalue weighted by Crippen LogP contribution is -2.62. The minimum absolute atomic E-state index is 0.0555. The number of allylic oxidation sites excluding steroid dienone is 2. The Bertz CT molecular complexity index is 1020. The minimum atomic E-state index is -4.81. The molecule has 4 aliphatic rings. The van der Waals surface area contributed by atoms with Gasteiger partial charge in [-0.2, -0.15) is 4.48 Å². The van der Waals surface area contributed by atoms with Crippen molar-refractivity contribution in [2.75, 3.05) is 7.05 Å². The molecule has 0 radical (unpaired) electrons. The summed E-state index contributed by atoms with van der Waals surface area (Å²) in [4.78, 5) is 13.6. The van der Waals surface area contributed by atoms with Crippen molar-refractivity contribution in [2.45, 2.75) is 78.5 Å². The van der Waals surface area contributed by atoms with E-state index in [4.69, 9.17) is 0 Å². The fourth-order valence-corrected chi connectivity index (χ4v) is 8.67. The van der Waals surface area contributed by atoms with Gasteiger partial charge in [-0.15, -0.1) is 13.2 Å². The first-order chi connectivity index (χ1) is 15.4. The van der Waals surface area contributed by atoms with E-state index in [9.17, 15) is 18.0 Å². The first-order valence-corrected chi connectivity index (χ1v) is 12.4. The van der Waals surface area contributed by atoms with E-state index in [-0.39, 0.29) is 21.6 Å². The molecule has 0 spiro atoms. The SMILES string of the molecule is CC1=C2[C@](C)(CCC(=O)[N+]2(C)c2ccccc2OC(F)(F)F)[C@H]2CC[C@]3(C)CCC[C@H]3[C@@H]2C1. The zero-order valence-electron chi connectivity index (χ0n) is 20.1. The molecular formula is C27H35F3NO2+. The summed E-state index contributed by atoms with van der Waals surface area (Å²) >= 11 is 0. The third-order valence-corrected chi connectivity index (χ3v) is 9.90. The van der Waals surface area contributed by atoms with E-state index in [1.54, 1.807) is 19.2 Å². The number of carbonyl (C=O) groups excluding carboxylic acids is 1. The third-order valence-electron chi connectivity index (χ3n) is 9.90. The lowest BCUT2D eigenvalue weighted by atomic mass is 9.48. The summed E-state index contributed by atoms with van der Waals surface area (Å²) in [6, 6.07) is 6.20. The van der Waals surface area contributed by atoms with Crippen LogP contribution < -0.4 is 9.22 Å². The van der Waals surface area contributed by atoms with Gasteiger partial charge < -0.3 is 4.74 Å². The highest BCUT2D eigenvalue weighted by Gasteiger charge is 2.63. The number of rotatable bonds is 2. The van der Waals surface area contributed by atoms with E-state index in [0.717, 1.165) is 25.0 Å². The molecule has 3 fully saturated rings. The third kappa shape index (κ3) is 3.30. The maximum atomic E-state index is 13.6. The lowest BCUT2D eigenvalue weighted by molar-refractivity contribution is -0.274. The summed E-state index contributed by atoms with van der Waals surface area (Å²) in [6.07, 6.45) is 3.52. The van der Waals surface area contributed by atoms with Crippen LogP contribution >= 0.6 is 0 Å². The van der Waals surface area contributed by atoms with Crippen molar-refractivity contribution in [3.8, 4) is 5.75 Å². The average Bonchev–Trinajstić information content (AvgIpc) is 3.12. The number of likely N-dealkylation sites (tertiary alicyclic amines) is 1. The van der Waals surface area contributed by atoms with E-state index in [1.165, 1.54) is 43.4 Å². The molecule has 1 heterocycles. The monoisotopic (exact) mass is 462 g/mol. The molecule has 6 atom stereocenters. The van der Waals surface area contributed by atoms with Crippen molar-refractivity contribution < 1.29 is 22.7 Å². The van der Waals surface area contributed by atoms with E-state index >= 15 is 0 Å². The number of ether oxygens (including phenoxy) is 1. The van der Waals surface area contributed by atoms with Gasteiger partial charge in [0.05, 0.1) is 13.5 Å². The fourth-order valence-electron chi connectivity index (χ4n) is 8.67. The Balaban J connectivity index is 1.65. The van der Waals surface area contributed by atoms with Gasteiger partial charge in [-0.3, -0.25) is 0 Å². The number of nitrogens with zero attached hydrogens (tertiary/aromatic N) is 1. The molecule has 0 bridgehead atoms. The predicted molar refractivity (Wildman–Crippen MR) is 122 cm³/mol. The molecule has 1 saturated heterocycles. The Morgan fingerprint density at radius 3 is 2.52 bits per heavy atom. The molecule has 1 amide bonds. The minimum Gasteiger partial charge on any atom is -0.399 e. The maximum Gasteiger partial charge on any atom is 0.573 e. The molecule has 1 aromatic rings. The van der Waals surface area contributed by atoms with Crippen LogP contribution in [0.1, 0.15) is 72.1 Å². The predicted octanol–water partition coefficient (Wildman–Crippen LogP) is 7.36. The molecule has 2 saturated carbocycles. The second-order valence-electron chi connectivity index (χ2n) is 11.6. The molecule has 5 rings (SSSR count). The number of hydrogen-bond donors (Lipinski definition) is 0. The van der Waals surface area contributed by atoms with Gasteiger partial charge in [-0.05, 0) is 80.3 Å². The molecule has 3 nitrogen and oxygen atoms in total. The van der Waals surface area contributed by atoms with Crippen molar-refractivity contribution in [2.24, 2.45) is 28.6 Å². The van der Waals surface area contributed by atoms with Crippen LogP contribution in [0.25, 0.3) is 0 Å². The number of benzene rings is 1. The normalized spacial score (nSPS) is 40.8. The molecule has 33 heavy (non-hydrogen) atoms. The molecule has 1 aromatic carbocycles. The number of amides is 1. The van der Waals surface area contributed by atoms with Gasteiger partial charge in [0.1, 0.15) is 5.70 Å². The lowest BCUT2D eigenvalue weighted by Gasteiger charge is -2.59. The van der Waals surface area contributed by atoms with Crippen LogP contribution in [0, 0.1) is 28.6 Å². The largest absolute Gasteiger partial charge is 0.573 e. The number of para-hydroxylation sites is 2. The second kappa shape index (κ2) is 7.34. The van der Waals surface area contributed by atoms with Gasteiger partial charge in [0.25, 0.3) is 0 Å². The van der Waals surface area contributed by atoms with Gasteiger partial charge >= 0.3 is 12.3 Å². The van der Waals surface area contributed by atoms with E-state index in [0.29, 0.717) is 35.3 Å². The van der Waals surface area contributed by atoms with Gasteiger partial charge in [0.2, 0.25) is 0 Å². The Morgan fingerprint density at radius 1 is 1.06 bits per heavy atom. The summed E-state index contributed by atoms with van der Waals surface area (Å²) in [5.74, 6) is 1.44. The second-order valence-corrected chi connectivity index (χ2v) is 11.6. The van der Waals surface area contributed by atoms with E-state index in [2.05, 4.69) is 25.5 Å². The van der Waals surface area contributed by atoms with Gasteiger partial charge in [-0.25, -0.2) is 4.79 Å². The first kappa shape index (κ1) is 22.9. The molecular weight excluding hydrogens is 427 g/mol. The molecule has 6 heteroatoms. The number of quaternary nitrogens is 1. The molecule has 1 aliphatic heterocycles. The van der Waals surface area contributed by atoms with Crippen molar-refractivity contribution in [3.05, 3.63) is 35.5 Å². The topological polar surface area (TPSA) is 26.3 Å². The Hall–Kier alpha value is -1.82. The smallest absolute Gasteiger partial charge is 0.399 e. The van der Waals surface area contributed by atoms with Crippen LogP contribution in [-0.2, 0) is 4.79 Å². The van der Waals surface area contributed by atoms with Crippen molar-refractivity contribution in [1.82, 2.24) is 4.48 Å². The maximum absolute atomic E-state index is 13.6. The van der Waals surface area contributed by atoms with Crippen molar-refractivity contribution in [3.63, 3.8) is 0 Å². The zero-order valence-corrected chi connectivity index (χ0v) is 20.1. The van der Waals surface area contributed by atoms with Crippen LogP contribution in [0.5, 0.6) is 5.75 Å². The van der Waals surface area contributed by atoms with Crippen LogP contribution in [0.15, 0.2) is 35.5 Å². The number of carbonyl (C=O) groups is 1. The zero-order chi connectivity index (χ0) is 23.8. The van der Waals surface area contributed by atoms with Crippen LogP contribution in [0.4, 0.5) is 18.9 Å².